The first-order chi connectivity index (χ1) is 11.5. The molecule has 5 nitrogen and oxygen atoms in total. The van der Waals surface area contributed by atoms with E-state index in [0.29, 0.717) is 11.3 Å². The smallest absolute Gasteiger partial charge is 0.248 e. The molecule has 1 aliphatic carbocycles. The topological polar surface area (TPSA) is 84.2 Å². The fourth-order valence-corrected chi connectivity index (χ4v) is 3.08. The lowest BCUT2D eigenvalue weighted by Crippen LogP contribution is -2.39. The van der Waals surface area contributed by atoms with E-state index in [1.54, 1.807) is 24.3 Å². The number of aryl methyl sites for hydroxylation is 1. The molecule has 0 aliphatic heterocycles. The Morgan fingerprint density at radius 1 is 1.12 bits per heavy atom. The Morgan fingerprint density at radius 3 is 2.54 bits per heavy atom. The lowest BCUT2D eigenvalue weighted by atomic mass is 10.1. The fourth-order valence-electron chi connectivity index (χ4n) is 3.08. The number of primary amides is 1. The fraction of sp³-hybridized carbons (Fsp3) is 0.263. The summed E-state index contributed by atoms with van der Waals surface area (Å²) in [6, 6.07) is 14.8. The molecule has 0 saturated carbocycles. The predicted molar refractivity (Wildman–Crippen MR) is 93.7 cm³/mol. The molecule has 5 heteroatoms. The van der Waals surface area contributed by atoms with Crippen LogP contribution < -0.4 is 16.4 Å². The highest BCUT2D eigenvalue weighted by atomic mass is 16.2. The molecule has 0 radical (unpaired) electrons. The van der Waals surface area contributed by atoms with E-state index in [1.165, 1.54) is 11.1 Å². The number of amides is 2. The lowest BCUT2D eigenvalue weighted by molar-refractivity contribution is -0.118. The summed E-state index contributed by atoms with van der Waals surface area (Å²) in [7, 11) is 0. The Kier molecular flexibility index (Phi) is 4.62. The first-order valence-electron chi connectivity index (χ1n) is 8.09. The quantitative estimate of drug-likeness (QED) is 0.790. The maximum atomic E-state index is 12.4. The SMILES string of the molecule is CC(NC1CCc2ccccc21)C(=O)Nc1ccc(C(N)=O)cc1. The number of anilines is 1. The number of carbonyl (C=O) groups is 2. The summed E-state index contributed by atoms with van der Waals surface area (Å²) in [5.41, 5.74) is 8.90. The average Bonchev–Trinajstić information content (AvgIpc) is 2.98. The summed E-state index contributed by atoms with van der Waals surface area (Å²) in [6.07, 6.45) is 2.04. The van der Waals surface area contributed by atoms with Crippen LogP contribution in [-0.2, 0) is 11.2 Å². The third kappa shape index (κ3) is 3.46. The molecular weight excluding hydrogens is 302 g/mol. The normalized spacial score (nSPS) is 17.1. The van der Waals surface area contributed by atoms with Gasteiger partial charge in [0.25, 0.3) is 0 Å². The molecule has 0 saturated heterocycles. The van der Waals surface area contributed by atoms with Crippen molar-refractivity contribution in [1.82, 2.24) is 5.32 Å². The monoisotopic (exact) mass is 323 g/mol. The number of nitrogens with one attached hydrogen (secondary N) is 2. The van der Waals surface area contributed by atoms with Crippen molar-refractivity contribution in [3.8, 4) is 0 Å². The Hall–Kier alpha value is -2.66. The number of hydrogen-bond donors (Lipinski definition) is 3. The van der Waals surface area contributed by atoms with Gasteiger partial charge in [0.1, 0.15) is 0 Å². The summed E-state index contributed by atoms with van der Waals surface area (Å²) in [5.74, 6) is -0.589. The maximum absolute atomic E-state index is 12.4. The first kappa shape index (κ1) is 16.2. The van der Waals surface area contributed by atoms with Crippen LogP contribution in [0.25, 0.3) is 0 Å². The van der Waals surface area contributed by atoms with Gasteiger partial charge in [0.15, 0.2) is 0 Å². The van der Waals surface area contributed by atoms with Gasteiger partial charge < -0.3 is 11.1 Å². The highest BCUT2D eigenvalue weighted by molar-refractivity contribution is 5.96. The lowest BCUT2D eigenvalue weighted by Gasteiger charge is -2.20. The van der Waals surface area contributed by atoms with Gasteiger partial charge in [0, 0.05) is 17.3 Å². The molecule has 0 bridgehead atoms. The van der Waals surface area contributed by atoms with Crippen LogP contribution in [-0.4, -0.2) is 17.9 Å². The van der Waals surface area contributed by atoms with Crippen molar-refractivity contribution in [3.05, 3.63) is 65.2 Å². The van der Waals surface area contributed by atoms with E-state index < -0.39 is 5.91 Å². The van der Waals surface area contributed by atoms with Crippen LogP contribution in [0.2, 0.25) is 0 Å². The van der Waals surface area contributed by atoms with Crippen LogP contribution in [0.5, 0.6) is 0 Å². The Labute approximate surface area is 141 Å². The molecule has 2 atom stereocenters. The minimum absolute atomic E-state index is 0.105. The summed E-state index contributed by atoms with van der Waals surface area (Å²) < 4.78 is 0. The second-order valence-electron chi connectivity index (χ2n) is 6.11. The molecule has 0 fully saturated rings. The van der Waals surface area contributed by atoms with Gasteiger partial charge in [-0.15, -0.1) is 0 Å². The zero-order valence-electron chi connectivity index (χ0n) is 13.6. The molecule has 24 heavy (non-hydrogen) atoms. The van der Waals surface area contributed by atoms with Gasteiger partial charge in [0.05, 0.1) is 6.04 Å². The number of benzene rings is 2. The highest BCUT2D eigenvalue weighted by Crippen LogP contribution is 2.31. The molecule has 124 valence electrons. The average molecular weight is 323 g/mol. The van der Waals surface area contributed by atoms with Crippen LogP contribution in [0.1, 0.15) is 40.9 Å². The summed E-state index contributed by atoms with van der Waals surface area (Å²) in [5, 5.41) is 6.25. The third-order valence-corrected chi connectivity index (χ3v) is 4.41. The van der Waals surface area contributed by atoms with Crippen molar-refractivity contribution in [2.24, 2.45) is 5.73 Å². The number of rotatable bonds is 5. The largest absolute Gasteiger partial charge is 0.366 e. The van der Waals surface area contributed by atoms with Crippen LogP contribution in [0.3, 0.4) is 0 Å². The van der Waals surface area contributed by atoms with Gasteiger partial charge in [-0.3, -0.25) is 14.9 Å². The van der Waals surface area contributed by atoms with Crippen LogP contribution in [0.4, 0.5) is 5.69 Å². The molecular formula is C19H21N3O2. The van der Waals surface area contributed by atoms with Crippen LogP contribution in [0.15, 0.2) is 48.5 Å². The van der Waals surface area contributed by atoms with Gasteiger partial charge in [-0.05, 0) is 55.2 Å². The minimum Gasteiger partial charge on any atom is -0.366 e. The van der Waals surface area contributed by atoms with E-state index in [0.717, 1.165) is 12.8 Å². The third-order valence-electron chi connectivity index (χ3n) is 4.41. The van der Waals surface area contributed by atoms with Crippen molar-refractivity contribution in [1.29, 1.82) is 0 Å². The maximum Gasteiger partial charge on any atom is 0.248 e. The van der Waals surface area contributed by atoms with Gasteiger partial charge in [-0.25, -0.2) is 0 Å². The van der Waals surface area contributed by atoms with Gasteiger partial charge in [-0.2, -0.15) is 0 Å². The predicted octanol–water partition coefficient (Wildman–Crippen LogP) is 2.39. The van der Waals surface area contributed by atoms with E-state index in [9.17, 15) is 9.59 Å². The second kappa shape index (κ2) is 6.84. The molecule has 0 spiro atoms. The van der Waals surface area contributed by atoms with Crippen molar-refractivity contribution in [2.75, 3.05) is 5.32 Å². The molecule has 2 aromatic rings. The number of hydrogen-bond acceptors (Lipinski definition) is 3. The van der Waals surface area contributed by atoms with E-state index >= 15 is 0 Å². The second-order valence-corrected chi connectivity index (χ2v) is 6.11. The minimum atomic E-state index is -0.484. The highest BCUT2D eigenvalue weighted by Gasteiger charge is 2.25. The van der Waals surface area contributed by atoms with Crippen molar-refractivity contribution >= 4 is 17.5 Å². The van der Waals surface area contributed by atoms with Crippen molar-refractivity contribution < 1.29 is 9.59 Å². The number of fused-ring (bicyclic) bond motifs is 1. The van der Waals surface area contributed by atoms with Crippen LogP contribution >= 0.6 is 0 Å². The Morgan fingerprint density at radius 2 is 1.83 bits per heavy atom. The molecule has 0 heterocycles. The standard InChI is InChI=1S/C19H21N3O2/c1-12(21-17-11-8-13-4-2-3-5-16(13)17)19(24)22-15-9-6-14(7-10-15)18(20)23/h2-7,9-10,12,17,21H,8,11H2,1H3,(H2,20,23)(H,22,24). The van der Waals surface area contributed by atoms with Crippen molar-refractivity contribution in [3.63, 3.8) is 0 Å². The van der Waals surface area contributed by atoms with E-state index in [1.807, 2.05) is 19.1 Å². The summed E-state index contributed by atoms with van der Waals surface area (Å²) >= 11 is 0. The molecule has 2 amide bonds. The zero-order valence-corrected chi connectivity index (χ0v) is 13.6. The Bertz CT molecular complexity index is 755. The van der Waals surface area contributed by atoms with Gasteiger partial charge >= 0.3 is 0 Å². The summed E-state index contributed by atoms with van der Waals surface area (Å²) in [4.78, 5) is 23.4. The molecule has 1 aliphatic rings. The molecule has 0 aromatic heterocycles. The molecule has 4 N–H and O–H groups in total. The summed E-state index contributed by atoms with van der Waals surface area (Å²) in [6.45, 7) is 1.86. The Balaban J connectivity index is 1.60. The van der Waals surface area contributed by atoms with E-state index in [4.69, 9.17) is 5.73 Å². The number of carbonyl (C=O) groups excluding carboxylic acids is 2. The van der Waals surface area contributed by atoms with Crippen LogP contribution in [0, 0.1) is 0 Å². The molecule has 2 aromatic carbocycles. The first-order valence-corrected chi connectivity index (χ1v) is 8.09. The van der Waals surface area contributed by atoms with Gasteiger partial charge in [-0.1, -0.05) is 24.3 Å². The van der Waals surface area contributed by atoms with E-state index in [2.05, 4.69) is 22.8 Å². The van der Waals surface area contributed by atoms with Crippen molar-refractivity contribution in [2.45, 2.75) is 31.8 Å². The zero-order chi connectivity index (χ0) is 17.1. The van der Waals surface area contributed by atoms with Gasteiger partial charge in [0.2, 0.25) is 11.8 Å². The number of nitrogens with two attached hydrogens (primary N) is 1. The van der Waals surface area contributed by atoms with E-state index in [-0.39, 0.29) is 18.0 Å². The molecule has 2 unspecified atom stereocenters. The molecule has 3 rings (SSSR count).